The average molecular weight is 461 g/mol. The monoisotopic (exact) mass is 460 g/mol. The molecule has 2 heterocycles. The Morgan fingerprint density at radius 1 is 0.970 bits per heavy atom. The summed E-state index contributed by atoms with van der Waals surface area (Å²) in [7, 11) is 1.74. The number of carbonyl (C=O) groups excluding carboxylic acids is 1. The summed E-state index contributed by atoms with van der Waals surface area (Å²) >= 11 is 6.23. The molecule has 0 radical (unpaired) electrons. The fourth-order valence-electron chi connectivity index (χ4n) is 5.57. The van der Waals surface area contributed by atoms with Gasteiger partial charge in [0.15, 0.2) is 5.66 Å². The Morgan fingerprint density at radius 3 is 2.45 bits per heavy atom. The van der Waals surface area contributed by atoms with E-state index in [1.54, 1.807) is 7.11 Å². The minimum atomic E-state index is -0.668. The van der Waals surface area contributed by atoms with Gasteiger partial charge in [-0.2, -0.15) is 0 Å². The first kappa shape index (κ1) is 22.1. The number of benzene rings is 3. The molecule has 0 N–H and O–H groups in total. The predicted molar refractivity (Wildman–Crippen MR) is 131 cm³/mol. The molecule has 2 aliphatic heterocycles. The molecular weight excluding hydrogens is 432 g/mol. The van der Waals surface area contributed by atoms with Crippen molar-refractivity contribution in [1.29, 1.82) is 0 Å². The molecule has 0 aliphatic carbocycles. The zero-order chi connectivity index (χ0) is 22.8. The Bertz CT molecular complexity index is 1120. The number of hydrogen-bond donors (Lipinski definition) is 0. The van der Waals surface area contributed by atoms with Gasteiger partial charge in [-0.1, -0.05) is 78.3 Å². The van der Waals surface area contributed by atoms with Crippen LogP contribution >= 0.6 is 11.6 Å². The number of ether oxygens (including phenoxy) is 1. The number of rotatable bonds is 7. The molecule has 0 bridgehead atoms. The molecule has 1 amide bonds. The Labute approximate surface area is 200 Å². The SMILES string of the molecule is COC1c2ccccc2C2(c3ccc(Cl)cc3)N(C(=O)CCCCc3ccccc3)CCN12. The van der Waals surface area contributed by atoms with Crippen molar-refractivity contribution in [2.75, 3.05) is 20.2 Å². The first-order valence-electron chi connectivity index (χ1n) is 11.7. The minimum Gasteiger partial charge on any atom is -0.362 e. The van der Waals surface area contributed by atoms with Crippen molar-refractivity contribution < 1.29 is 9.53 Å². The molecule has 33 heavy (non-hydrogen) atoms. The summed E-state index contributed by atoms with van der Waals surface area (Å²) in [5.74, 6) is 0.187. The number of methoxy groups -OCH3 is 1. The topological polar surface area (TPSA) is 32.8 Å². The van der Waals surface area contributed by atoms with Gasteiger partial charge in [0.1, 0.15) is 6.23 Å². The van der Waals surface area contributed by atoms with E-state index in [9.17, 15) is 4.79 Å². The molecular formula is C28H29ClN2O2. The van der Waals surface area contributed by atoms with E-state index in [2.05, 4.69) is 46.2 Å². The van der Waals surface area contributed by atoms with E-state index in [1.165, 1.54) is 5.56 Å². The third-order valence-electron chi connectivity index (χ3n) is 6.98. The molecule has 1 fully saturated rings. The van der Waals surface area contributed by atoms with E-state index in [0.29, 0.717) is 18.0 Å². The third kappa shape index (κ3) is 3.76. The summed E-state index contributed by atoms with van der Waals surface area (Å²) in [5, 5.41) is 0.688. The van der Waals surface area contributed by atoms with E-state index in [1.807, 2.05) is 42.5 Å². The molecule has 0 saturated carbocycles. The maximum atomic E-state index is 13.7. The number of aryl methyl sites for hydroxylation is 1. The number of carbonyl (C=O) groups is 1. The first-order chi connectivity index (χ1) is 16.2. The first-order valence-corrected chi connectivity index (χ1v) is 12.0. The Balaban J connectivity index is 1.45. The molecule has 0 aromatic heterocycles. The molecule has 2 aliphatic rings. The van der Waals surface area contributed by atoms with E-state index in [4.69, 9.17) is 16.3 Å². The van der Waals surface area contributed by atoms with Crippen molar-refractivity contribution in [2.45, 2.75) is 37.6 Å². The van der Waals surface area contributed by atoms with Crippen molar-refractivity contribution in [3.8, 4) is 0 Å². The largest absolute Gasteiger partial charge is 0.362 e. The van der Waals surface area contributed by atoms with E-state index < -0.39 is 5.66 Å². The quantitative estimate of drug-likeness (QED) is 0.420. The highest BCUT2D eigenvalue weighted by Gasteiger charge is 2.59. The molecule has 2 unspecified atom stereocenters. The lowest BCUT2D eigenvalue weighted by molar-refractivity contribution is -0.141. The molecule has 1 saturated heterocycles. The highest BCUT2D eigenvalue weighted by Crippen LogP contribution is 2.54. The Morgan fingerprint density at radius 2 is 1.70 bits per heavy atom. The highest BCUT2D eigenvalue weighted by molar-refractivity contribution is 6.30. The number of hydrogen-bond acceptors (Lipinski definition) is 3. The molecule has 3 aromatic rings. The molecule has 5 rings (SSSR count). The molecule has 5 heteroatoms. The second-order valence-electron chi connectivity index (χ2n) is 8.79. The van der Waals surface area contributed by atoms with Gasteiger partial charge in [-0.25, -0.2) is 4.90 Å². The normalized spacial score (nSPS) is 21.8. The van der Waals surface area contributed by atoms with E-state index in [0.717, 1.165) is 42.5 Å². The van der Waals surface area contributed by atoms with Crippen LogP contribution in [0.5, 0.6) is 0 Å². The summed E-state index contributed by atoms with van der Waals surface area (Å²) in [6.45, 7) is 1.43. The molecule has 0 spiro atoms. The van der Waals surface area contributed by atoms with Crippen molar-refractivity contribution in [3.63, 3.8) is 0 Å². The van der Waals surface area contributed by atoms with Gasteiger partial charge < -0.3 is 9.64 Å². The Kier molecular flexibility index (Phi) is 6.24. The third-order valence-corrected chi connectivity index (χ3v) is 7.23. The van der Waals surface area contributed by atoms with Gasteiger partial charge in [-0.3, -0.25) is 4.79 Å². The van der Waals surface area contributed by atoms with Crippen LogP contribution in [0.4, 0.5) is 0 Å². The van der Waals surface area contributed by atoms with Gasteiger partial charge in [-0.15, -0.1) is 0 Å². The minimum absolute atomic E-state index is 0.187. The van der Waals surface area contributed by atoms with Gasteiger partial charge in [0.2, 0.25) is 5.91 Å². The smallest absolute Gasteiger partial charge is 0.224 e. The van der Waals surface area contributed by atoms with Crippen LogP contribution < -0.4 is 0 Å². The van der Waals surface area contributed by atoms with Crippen LogP contribution in [0, 0.1) is 0 Å². The van der Waals surface area contributed by atoms with Gasteiger partial charge in [0.25, 0.3) is 0 Å². The number of unbranched alkanes of at least 4 members (excludes halogenated alkanes) is 1. The van der Waals surface area contributed by atoms with Crippen molar-refractivity contribution >= 4 is 17.5 Å². The Hall–Kier alpha value is -2.66. The van der Waals surface area contributed by atoms with Gasteiger partial charge >= 0.3 is 0 Å². The van der Waals surface area contributed by atoms with Crippen molar-refractivity contribution in [1.82, 2.24) is 9.80 Å². The highest BCUT2D eigenvalue weighted by atomic mass is 35.5. The van der Waals surface area contributed by atoms with E-state index in [-0.39, 0.29) is 12.1 Å². The van der Waals surface area contributed by atoms with Gasteiger partial charge in [-0.05, 0) is 42.5 Å². The number of amides is 1. The van der Waals surface area contributed by atoms with Gasteiger partial charge in [0, 0.05) is 42.8 Å². The lowest BCUT2D eigenvalue weighted by Gasteiger charge is -2.41. The van der Waals surface area contributed by atoms with Crippen molar-refractivity contribution in [2.24, 2.45) is 0 Å². The molecule has 2 atom stereocenters. The summed E-state index contributed by atoms with van der Waals surface area (Å²) in [6.07, 6.45) is 3.22. The van der Waals surface area contributed by atoms with Crippen LogP contribution in [0.1, 0.15) is 47.7 Å². The number of fused-ring (bicyclic) bond motifs is 3. The summed E-state index contributed by atoms with van der Waals surface area (Å²) in [4.78, 5) is 18.1. The van der Waals surface area contributed by atoms with Crippen molar-refractivity contribution in [3.05, 3.63) is 106 Å². The second kappa shape index (κ2) is 9.30. The summed E-state index contributed by atoms with van der Waals surface area (Å²) in [5.41, 5.74) is 3.95. The van der Waals surface area contributed by atoms with E-state index >= 15 is 0 Å². The number of halogens is 1. The van der Waals surface area contributed by atoms with Crippen LogP contribution in [0.15, 0.2) is 78.9 Å². The molecule has 3 aromatic carbocycles. The zero-order valence-electron chi connectivity index (χ0n) is 18.9. The average Bonchev–Trinajstić information content (AvgIpc) is 3.36. The zero-order valence-corrected chi connectivity index (χ0v) is 19.7. The van der Waals surface area contributed by atoms with Crippen LogP contribution in [0.2, 0.25) is 5.02 Å². The maximum Gasteiger partial charge on any atom is 0.224 e. The van der Waals surface area contributed by atoms with Crippen LogP contribution in [0.3, 0.4) is 0 Å². The maximum absolute atomic E-state index is 13.7. The summed E-state index contributed by atoms with van der Waals surface area (Å²) < 4.78 is 5.96. The molecule has 4 nitrogen and oxygen atoms in total. The van der Waals surface area contributed by atoms with Crippen LogP contribution in [-0.4, -0.2) is 35.9 Å². The lowest BCUT2D eigenvalue weighted by atomic mass is 9.89. The van der Waals surface area contributed by atoms with Crippen LogP contribution in [-0.2, 0) is 21.6 Å². The number of nitrogens with zero attached hydrogens (tertiary/aromatic N) is 2. The lowest BCUT2D eigenvalue weighted by Crippen LogP contribution is -2.51. The molecule has 170 valence electrons. The summed E-state index contributed by atoms with van der Waals surface area (Å²) in [6, 6.07) is 26.7. The second-order valence-corrected chi connectivity index (χ2v) is 9.22. The predicted octanol–water partition coefficient (Wildman–Crippen LogP) is 5.76. The van der Waals surface area contributed by atoms with Crippen LogP contribution in [0.25, 0.3) is 0 Å². The fraction of sp³-hybridized carbons (Fsp3) is 0.321. The standard InChI is InChI=1S/C28H29ClN2O2/c1-33-27-24-12-6-7-13-25(24)28(22-15-17-23(29)18-16-22)30(19-20-31(27)28)26(32)14-8-5-11-21-9-3-2-4-10-21/h2-4,6-7,9-10,12-13,15-18,27H,5,8,11,14,19-20H2,1H3. The van der Waals surface area contributed by atoms with Gasteiger partial charge in [0.05, 0.1) is 0 Å². The fourth-order valence-corrected chi connectivity index (χ4v) is 5.70.